The monoisotopic (exact) mass is 310 g/mol. The van der Waals surface area contributed by atoms with Crippen molar-refractivity contribution < 1.29 is 5.11 Å². The lowest BCUT2D eigenvalue weighted by molar-refractivity contribution is 0.458. The van der Waals surface area contributed by atoms with Crippen LogP contribution in [0.4, 0.5) is 0 Å². The summed E-state index contributed by atoms with van der Waals surface area (Å²) < 4.78 is 1.07. The third kappa shape index (κ3) is 2.03. The van der Waals surface area contributed by atoms with Gasteiger partial charge in [-0.2, -0.15) is 4.98 Å². The van der Waals surface area contributed by atoms with E-state index in [2.05, 4.69) is 35.9 Å². The van der Waals surface area contributed by atoms with E-state index in [1.54, 1.807) is 11.3 Å². The van der Waals surface area contributed by atoms with E-state index in [9.17, 15) is 5.11 Å². The Morgan fingerprint density at radius 3 is 3.00 bits per heavy atom. The second-order valence-corrected chi connectivity index (χ2v) is 5.40. The second kappa shape index (κ2) is 4.08. The van der Waals surface area contributed by atoms with Gasteiger partial charge in [-0.25, -0.2) is 9.97 Å². The Labute approximate surface area is 109 Å². The van der Waals surface area contributed by atoms with Crippen LogP contribution in [0.15, 0.2) is 22.2 Å². The van der Waals surface area contributed by atoms with Gasteiger partial charge in [0.05, 0.1) is 0 Å². The molecule has 0 saturated heterocycles. The molecule has 3 aromatic heterocycles. The number of fused-ring (bicyclic) bond motifs is 1. The molecule has 0 spiro atoms. The molecular formula is C10H7BrN4OS. The number of hydrogen-bond donors (Lipinski definition) is 2. The Morgan fingerprint density at radius 2 is 2.29 bits per heavy atom. The molecule has 0 aliphatic heterocycles. The van der Waals surface area contributed by atoms with Gasteiger partial charge in [-0.1, -0.05) is 0 Å². The van der Waals surface area contributed by atoms with Crippen LogP contribution in [0.5, 0.6) is 5.88 Å². The highest BCUT2D eigenvalue weighted by Gasteiger charge is 2.09. The van der Waals surface area contributed by atoms with Gasteiger partial charge in [0, 0.05) is 21.2 Å². The molecule has 0 radical (unpaired) electrons. The first-order valence-corrected chi connectivity index (χ1v) is 6.51. The summed E-state index contributed by atoms with van der Waals surface area (Å²) in [6.07, 6.45) is 1.98. The molecule has 0 aliphatic carbocycles. The summed E-state index contributed by atoms with van der Waals surface area (Å²) >= 11 is 5.06. The van der Waals surface area contributed by atoms with Gasteiger partial charge in [0.15, 0.2) is 5.65 Å². The topological polar surface area (TPSA) is 74.7 Å². The zero-order valence-corrected chi connectivity index (χ0v) is 10.9. The molecule has 5 nitrogen and oxygen atoms in total. The molecule has 0 atom stereocenters. The van der Waals surface area contributed by atoms with Crippen LogP contribution in [0.3, 0.4) is 0 Å². The number of aromatic hydroxyl groups is 1. The maximum atomic E-state index is 9.53. The lowest BCUT2D eigenvalue weighted by atomic mass is 10.3. The maximum absolute atomic E-state index is 9.53. The Hall–Kier alpha value is -1.47. The van der Waals surface area contributed by atoms with Gasteiger partial charge < -0.3 is 10.1 Å². The number of nitrogens with zero attached hydrogens (tertiary/aromatic N) is 3. The van der Waals surface area contributed by atoms with Gasteiger partial charge in [-0.05, 0) is 22.0 Å². The molecule has 0 aromatic carbocycles. The van der Waals surface area contributed by atoms with Gasteiger partial charge >= 0.3 is 0 Å². The Bertz CT molecular complexity index is 678. The molecule has 0 aliphatic rings. The largest absolute Gasteiger partial charge is 0.492 e. The zero-order chi connectivity index (χ0) is 11.8. The van der Waals surface area contributed by atoms with Crippen LogP contribution < -0.4 is 0 Å². The van der Waals surface area contributed by atoms with Gasteiger partial charge in [-0.15, -0.1) is 11.3 Å². The van der Waals surface area contributed by atoms with Crippen molar-refractivity contribution in [3.63, 3.8) is 0 Å². The molecule has 3 rings (SSSR count). The fourth-order valence-electron chi connectivity index (χ4n) is 1.56. The lowest BCUT2D eigenvalue weighted by Crippen LogP contribution is -1.86. The Morgan fingerprint density at radius 1 is 1.41 bits per heavy atom. The minimum Gasteiger partial charge on any atom is -0.492 e. The fraction of sp³-hybridized carbons (Fsp3) is 0.100. The molecular weight excluding hydrogens is 304 g/mol. The summed E-state index contributed by atoms with van der Waals surface area (Å²) in [5.74, 6) is 0.700. The molecule has 3 aromatic rings. The van der Waals surface area contributed by atoms with E-state index in [0.29, 0.717) is 17.6 Å². The highest BCUT2D eigenvalue weighted by molar-refractivity contribution is 9.10. The SMILES string of the molecule is Oc1ncnc2nc(Cc3cc(Br)cs3)[nH]c12. The van der Waals surface area contributed by atoms with E-state index in [1.165, 1.54) is 11.2 Å². The molecule has 2 N–H and O–H groups in total. The third-order valence-corrected chi connectivity index (χ3v) is 3.98. The van der Waals surface area contributed by atoms with Crippen molar-refractivity contribution in [3.8, 4) is 5.88 Å². The fourth-order valence-corrected chi connectivity index (χ4v) is 3.01. The van der Waals surface area contributed by atoms with Gasteiger partial charge in [0.25, 0.3) is 0 Å². The van der Waals surface area contributed by atoms with Crippen LogP contribution in [0, 0.1) is 0 Å². The summed E-state index contributed by atoms with van der Waals surface area (Å²) in [5.41, 5.74) is 0.973. The summed E-state index contributed by atoms with van der Waals surface area (Å²) in [4.78, 5) is 16.2. The Kier molecular flexibility index (Phi) is 2.56. The normalized spacial score (nSPS) is 11.1. The van der Waals surface area contributed by atoms with Crippen molar-refractivity contribution in [1.82, 2.24) is 19.9 Å². The smallest absolute Gasteiger partial charge is 0.240 e. The summed E-state index contributed by atoms with van der Waals surface area (Å²) in [6.45, 7) is 0. The van der Waals surface area contributed by atoms with Crippen molar-refractivity contribution in [2.45, 2.75) is 6.42 Å². The van der Waals surface area contributed by atoms with E-state index >= 15 is 0 Å². The van der Waals surface area contributed by atoms with Crippen molar-refractivity contribution in [1.29, 1.82) is 0 Å². The predicted molar refractivity (Wildman–Crippen MR) is 68.2 cm³/mol. The van der Waals surface area contributed by atoms with Crippen LogP contribution in [0.25, 0.3) is 11.2 Å². The number of halogens is 1. The number of imidazole rings is 1. The molecule has 0 saturated carbocycles. The molecule has 7 heteroatoms. The van der Waals surface area contributed by atoms with Crippen LogP contribution in [-0.4, -0.2) is 25.0 Å². The number of aromatic amines is 1. The first kappa shape index (κ1) is 10.7. The van der Waals surface area contributed by atoms with Gasteiger partial charge in [-0.3, -0.25) is 0 Å². The van der Waals surface area contributed by atoms with Crippen molar-refractivity contribution in [2.24, 2.45) is 0 Å². The average Bonchev–Trinajstić information content (AvgIpc) is 2.86. The highest BCUT2D eigenvalue weighted by atomic mass is 79.9. The van der Waals surface area contributed by atoms with Crippen LogP contribution >= 0.6 is 27.3 Å². The van der Waals surface area contributed by atoms with E-state index in [-0.39, 0.29) is 5.88 Å². The van der Waals surface area contributed by atoms with Gasteiger partial charge in [0.1, 0.15) is 17.7 Å². The summed E-state index contributed by atoms with van der Waals surface area (Å²) in [7, 11) is 0. The standard InChI is InChI=1S/C10H7BrN4OS/c11-5-1-6(17-3-5)2-7-14-8-9(15-7)12-4-13-10(8)16/h1,3-4H,2H2,(H2,12,13,14,15,16). The van der Waals surface area contributed by atoms with E-state index < -0.39 is 0 Å². The van der Waals surface area contributed by atoms with Crippen LogP contribution in [0.2, 0.25) is 0 Å². The highest BCUT2D eigenvalue weighted by Crippen LogP contribution is 2.23. The summed E-state index contributed by atoms with van der Waals surface area (Å²) in [5, 5.41) is 11.6. The van der Waals surface area contributed by atoms with Crippen LogP contribution in [-0.2, 0) is 6.42 Å². The second-order valence-electron chi connectivity index (χ2n) is 3.49. The minimum absolute atomic E-state index is 0.0684. The van der Waals surface area contributed by atoms with E-state index in [4.69, 9.17) is 0 Å². The van der Waals surface area contributed by atoms with Gasteiger partial charge in [0.2, 0.25) is 5.88 Å². The minimum atomic E-state index is -0.0684. The number of rotatable bonds is 2. The number of hydrogen-bond acceptors (Lipinski definition) is 5. The number of nitrogens with one attached hydrogen (secondary N) is 1. The summed E-state index contributed by atoms with van der Waals surface area (Å²) in [6, 6.07) is 2.05. The molecule has 0 bridgehead atoms. The Balaban J connectivity index is 1.98. The van der Waals surface area contributed by atoms with E-state index in [0.717, 1.165) is 10.3 Å². The molecule has 17 heavy (non-hydrogen) atoms. The number of H-pyrrole nitrogens is 1. The zero-order valence-electron chi connectivity index (χ0n) is 8.51. The first-order chi connectivity index (χ1) is 8.22. The molecule has 0 amide bonds. The van der Waals surface area contributed by atoms with Crippen LogP contribution in [0.1, 0.15) is 10.7 Å². The quantitative estimate of drug-likeness (QED) is 0.762. The molecule has 0 unspecified atom stereocenters. The maximum Gasteiger partial charge on any atom is 0.240 e. The average molecular weight is 311 g/mol. The third-order valence-electron chi connectivity index (χ3n) is 2.28. The molecule has 3 heterocycles. The number of thiophene rings is 1. The first-order valence-electron chi connectivity index (χ1n) is 4.84. The molecule has 86 valence electrons. The van der Waals surface area contributed by atoms with Crippen molar-refractivity contribution >= 4 is 38.4 Å². The molecule has 0 fully saturated rings. The van der Waals surface area contributed by atoms with Crippen molar-refractivity contribution in [3.05, 3.63) is 32.9 Å². The number of aromatic nitrogens is 4. The van der Waals surface area contributed by atoms with Crippen molar-refractivity contribution in [2.75, 3.05) is 0 Å². The lowest BCUT2D eigenvalue weighted by Gasteiger charge is -1.91. The van der Waals surface area contributed by atoms with E-state index in [1.807, 2.05) is 11.4 Å². The predicted octanol–water partition coefficient (Wildman–Crippen LogP) is 2.47.